The number of imidazole rings is 1. The Morgan fingerprint density at radius 1 is 1.23 bits per heavy atom. The van der Waals surface area contributed by atoms with E-state index in [4.69, 9.17) is 19.2 Å². The molecule has 5 rings (SSSR count). The van der Waals surface area contributed by atoms with Gasteiger partial charge in [0, 0.05) is 37.9 Å². The summed E-state index contributed by atoms with van der Waals surface area (Å²) in [6.07, 6.45) is 0.756. The molecule has 0 saturated carbocycles. The number of nitrogens with one attached hydrogen (secondary N) is 3. The number of ether oxygens (including phenoxy) is 3. The molecule has 4 N–H and O–H groups in total. The first-order chi connectivity index (χ1) is 19.3. The summed E-state index contributed by atoms with van der Waals surface area (Å²) in [4.78, 5) is 26.1. The Morgan fingerprint density at radius 2 is 2.02 bits per heavy atom. The van der Waals surface area contributed by atoms with Gasteiger partial charge < -0.3 is 34.6 Å². The van der Waals surface area contributed by atoms with Gasteiger partial charge in [-0.2, -0.15) is 0 Å². The first-order valence-corrected chi connectivity index (χ1v) is 14.1. The van der Waals surface area contributed by atoms with Gasteiger partial charge >= 0.3 is 0 Å². The van der Waals surface area contributed by atoms with Crippen LogP contribution in [0.15, 0.2) is 51.9 Å². The molecule has 4 aromatic rings. The lowest BCUT2D eigenvalue weighted by Gasteiger charge is -2.32. The van der Waals surface area contributed by atoms with E-state index in [0.717, 1.165) is 53.1 Å². The highest BCUT2D eigenvalue weighted by atomic mass is 79.9. The highest BCUT2D eigenvalue weighted by Gasteiger charge is 2.20. The minimum Gasteiger partial charge on any atom is -0.496 e. The number of aromatic amines is 2. The highest BCUT2D eigenvalue weighted by molar-refractivity contribution is 9.10. The van der Waals surface area contributed by atoms with E-state index in [1.54, 1.807) is 31.5 Å². The van der Waals surface area contributed by atoms with E-state index in [0.29, 0.717) is 35.0 Å². The van der Waals surface area contributed by atoms with Crippen molar-refractivity contribution < 1.29 is 19.3 Å². The van der Waals surface area contributed by atoms with Crippen LogP contribution in [0.2, 0.25) is 0 Å². The van der Waals surface area contributed by atoms with Crippen LogP contribution < -0.4 is 20.3 Å². The van der Waals surface area contributed by atoms with Crippen molar-refractivity contribution in [3.05, 3.63) is 68.5 Å². The summed E-state index contributed by atoms with van der Waals surface area (Å²) < 4.78 is 17.6. The normalized spacial score (nSPS) is 15.6. The number of halogens is 1. The molecule has 1 unspecified atom stereocenters. The number of nitrogens with zero attached hydrogens (tertiary/aromatic N) is 2. The molecule has 2 atom stereocenters. The van der Waals surface area contributed by atoms with Crippen molar-refractivity contribution in [1.29, 1.82) is 0 Å². The Kier molecular flexibility index (Phi) is 8.75. The third-order valence-electron chi connectivity index (χ3n) is 7.16. The molecule has 0 aliphatic carbocycles. The van der Waals surface area contributed by atoms with Gasteiger partial charge in [-0.3, -0.25) is 9.69 Å². The van der Waals surface area contributed by atoms with E-state index in [1.165, 1.54) is 0 Å². The smallest absolute Gasteiger partial charge is 0.261 e. The molecule has 40 heavy (non-hydrogen) atoms. The number of hydrogen-bond acceptors (Lipinski definition) is 8. The minimum atomic E-state index is -0.813. The molecule has 1 aliphatic heterocycles. The average molecular weight is 613 g/mol. The van der Waals surface area contributed by atoms with Gasteiger partial charge in [-0.1, -0.05) is 6.07 Å². The molecule has 3 heterocycles. The van der Waals surface area contributed by atoms with Gasteiger partial charge in [0.25, 0.3) is 5.56 Å². The van der Waals surface area contributed by atoms with E-state index in [9.17, 15) is 9.90 Å². The lowest BCUT2D eigenvalue weighted by Crippen LogP contribution is -2.44. The average Bonchev–Trinajstić information content (AvgIpc) is 3.39. The number of H-pyrrole nitrogens is 2. The van der Waals surface area contributed by atoms with Crippen molar-refractivity contribution in [2.24, 2.45) is 0 Å². The Morgan fingerprint density at radius 3 is 2.77 bits per heavy atom. The molecule has 0 amide bonds. The Labute approximate surface area is 240 Å². The summed E-state index contributed by atoms with van der Waals surface area (Å²) in [6, 6.07) is 11.3. The van der Waals surface area contributed by atoms with E-state index >= 15 is 0 Å². The summed E-state index contributed by atoms with van der Waals surface area (Å²) in [5.74, 6) is 1.86. The van der Waals surface area contributed by atoms with Crippen LogP contribution in [0.5, 0.6) is 11.5 Å². The molecule has 10 nitrogen and oxygen atoms in total. The molecule has 2 aromatic carbocycles. The van der Waals surface area contributed by atoms with E-state index < -0.39 is 6.10 Å². The van der Waals surface area contributed by atoms with Crippen molar-refractivity contribution in [3.63, 3.8) is 0 Å². The standard InChI is InChI=1S/C29H34BrN5O5/c1-17-12-20(40-16-18(2)35-8-10-39-11-9-35)14-23-27(17)34-28(33-23)26-22(6-7-31-29(26)37)32-15-24(36)19-4-5-25(38-3)21(30)13-19/h4-7,12-14,18,24,36H,8-11,15-16H2,1-3H3,(H,33,34)(H2,31,32,37)/t18?,24-/m1/s1. The number of pyridine rings is 1. The summed E-state index contributed by atoms with van der Waals surface area (Å²) in [5, 5.41) is 14.0. The van der Waals surface area contributed by atoms with Crippen LogP contribution in [-0.4, -0.2) is 77.6 Å². The zero-order chi connectivity index (χ0) is 28.2. The fraction of sp³-hybridized carbons (Fsp3) is 0.379. The number of anilines is 1. The van der Waals surface area contributed by atoms with Crippen molar-refractivity contribution in [2.45, 2.75) is 26.0 Å². The second-order valence-electron chi connectivity index (χ2n) is 9.92. The maximum absolute atomic E-state index is 13.0. The Balaban J connectivity index is 1.34. The molecule has 1 fully saturated rings. The second-order valence-corrected chi connectivity index (χ2v) is 10.8. The predicted molar refractivity (Wildman–Crippen MR) is 158 cm³/mol. The van der Waals surface area contributed by atoms with Crippen LogP contribution in [-0.2, 0) is 4.74 Å². The molecular weight excluding hydrogens is 578 g/mol. The van der Waals surface area contributed by atoms with Gasteiger partial charge in [-0.15, -0.1) is 0 Å². The van der Waals surface area contributed by atoms with Crippen LogP contribution >= 0.6 is 15.9 Å². The van der Waals surface area contributed by atoms with Crippen molar-refractivity contribution in [2.75, 3.05) is 51.9 Å². The van der Waals surface area contributed by atoms with Crippen molar-refractivity contribution in [1.82, 2.24) is 19.9 Å². The zero-order valence-electron chi connectivity index (χ0n) is 22.8. The van der Waals surface area contributed by atoms with Gasteiger partial charge in [0.2, 0.25) is 0 Å². The van der Waals surface area contributed by atoms with Gasteiger partial charge in [-0.25, -0.2) is 4.98 Å². The molecule has 0 bridgehead atoms. The summed E-state index contributed by atoms with van der Waals surface area (Å²) >= 11 is 3.46. The second kappa shape index (κ2) is 12.4. The van der Waals surface area contributed by atoms with E-state index in [1.807, 2.05) is 25.1 Å². The van der Waals surface area contributed by atoms with Crippen LogP contribution in [0.4, 0.5) is 5.69 Å². The lowest BCUT2D eigenvalue weighted by atomic mass is 10.1. The number of methoxy groups -OCH3 is 1. The zero-order valence-corrected chi connectivity index (χ0v) is 24.4. The van der Waals surface area contributed by atoms with Gasteiger partial charge in [0.1, 0.15) is 29.5 Å². The fourth-order valence-corrected chi connectivity index (χ4v) is 5.43. The summed E-state index contributed by atoms with van der Waals surface area (Å²) in [5.41, 5.74) is 3.83. The molecule has 1 saturated heterocycles. The third kappa shape index (κ3) is 6.17. The summed E-state index contributed by atoms with van der Waals surface area (Å²) in [7, 11) is 1.59. The molecule has 0 spiro atoms. The van der Waals surface area contributed by atoms with Gasteiger partial charge in [0.05, 0.1) is 47.6 Å². The Bertz CT molecular complexity index is 1530. The first kappa shape index (κ1) is 28.2. The molecule has 0 radical (unpaired) electrons. The van der Waals surface area contributed by atoms with Crippen LogP contribution in [0, 0.1) is 6.92 Å². The molecule has 212 valence electrons. The number of rotatable bonds is 10. The number of morpholine rings is 1. The molecular formula is C29H34BrN5O5. The number of aliphatic hydroxyl groups is 1. The topological polar surface area (TPSA) is 125 Å². The lowest BCUT2D eigenvalue weighted by molar-refractivity contribution is 0.0105. The number of benzene rings is 2. The maximum atomic E-state index is 13.0. The SMILES string of the molecule is COc1ccc([C@H](O)CNc2cc[nH]c(=O)c2-c2nc3c(C)cc(OCC(C)N4CCOCC4)cc3[nH]2)cc1Br. The third-order valence-corrected chi connectivity index (χ3v) is 7.77. The summed E-state index contributed by atoms with van der Waals surface area (Å²) in [6.45, 7) is 8.19. The highest BCUT2D eigenvalue weighted by Crippen LogP contribution is 2.31. The number of aliphatic hydroxyl groups excluding tert-OH is 1. The van der Waals surface area contributed by atoms with Gasteiger partial charge in [-0.05, 0) is 65.2 Å². The van der Waals surface area contributed by atoms with Crippen molar-refractivity contribution in [3.8, 4) is 22.9 Å². The van der Waals surface area contributed by atoms with Crippen LogP contribution in [0.25, 0.3) is 22.4 Å². The predicted octanol–water partition coefficient (Wildman–Crippen LogP) is 4.24. The number of aromatic nitrogens is 3. The fourth-order valence-electron chi connectivity index (χ4n) is 4.87. The van der Waals surface area contributed by atoms with E-state index in [-0.39, 0.29) is 18.1 Å². The van der Waals surface area contributed by atoms with Crippen molar-refractivity contribution >= 4 is 32.7 Å². The minimum absolute atomic E-state index is 0.188. The molecule has 11 heteroatoms. The van der Waals surface area contributed by atoms with E-state index in [2.05, 4.69) is 43.0 Å². The number of fused-ring (bicyclic) bond motifs is 1. The largest absolute Gasteiger partial charge is 0.496 e. The quantitative estimate of drug-likeness (QED) is 0.210. The molecule has 1 aliphatic rings. The van der Waals surface area contributed by atoms with Gasteiger partial charge in [0.15, 0.2) is 0 Å². The maximum Gasteiger partial charge on any atom is 0.261 e. The van der Waals surface area contributed by atoms with Crippen LogP contribution in [0.3, 0.4) is 0 Å². The molecule has 2 aromatic heterocycles. The number of aryl methyl sites for hydroxylation is 1. The van der Waals surface area contributed by atoms with Crippen LogP contribution in [0.1, 0.15) is 24.2 Å². The Hall–Kier alpha value is -3.38. The first-order valence-electron chi connectivity index (χ1n) is 13.3. The number of hydrogen-bond donors (Lipinski definition) is 4. The monoisotopic (exact) mass is 611 g/mol.